The maximum atomic E-state index is 13.0. The number of likely N-dealkylation sites (N-methyl/N-ethyl adjacent to an activating group) is 1. The number of hydrogen-bond donors (Lipinski definition) is 2. The number of nitrogens with zero attached hydrogens (tertiary/aromatic N) is 1. The first-order chi connectivity index (χ1) is 15.5. The lowest BCUT2D eigenvalue weighted by Gasteiger charge is -2.31. The van der Waals surface area contributed by atoms with Crippen molar-refractivity contribution in [3.8, 4) is 11.1 Å². The molecule has 0 saturated carbocycles. The molecule has 2 aromatic carbocycles. The first-order valence-electron chi connectivity index (χ1n) is 11.2. The van der Waals surface area contributed by atoms with Crippen LogP contribution in [0.15, 0.2) is 48.5 Å². The van der Waals surface area contributed by atoms with Crippen LogP contribution in [0.4, 0.5) is 4.79 Å². The zero-order valence-electron chi connectivity index (χ0n) is 19.8. The highest BCUT2D eigenvalue weighted by atomic mass is 16.6. The second-order valence-corrected chi connectivity index (χ2v) is 9.48. The van der Waals surface area contributed by atoms with Gasteiger partial charge in [0.05, 0.1) is 0 Å². The van der Waals surface area contributed by atoms with Crippen molar-refractivity contribution in [2.45, 2.75) is 51.6 Å². The van der Waals surface area contributed by atoms with Crippen LogP contribution in [-0.2, 0) is 14.3 Å². The Morgan fingerprint density at radius 2 is 1.55 bits per heavy atom. The molecule has 0 unspecified atom stereocenters. The van der Waals surface area contributed by atoms with Crippen LogP contribution in [0.1, 0.15) is 51.2 Å². The van der Waals surface area contributed by atoms with Gasteiger partial charge in [-0.3, -0.25) is 9.69 Å². The van der Waals surface area contributed by atoms with Gasteiger partial charge in [-0.15, -0.1) is 0 Å². The van der Waals surface area contributed by atoms with Crippen LogP contribution in [0.5, 0.6) is 0 Å². The summed E-state index contributed by atoms with van der Waals surface area (Å²) in [6, 6.07) is 15.3. The summed E-state index contributed by atoms with van der Waals surface area (Å²) in [5.74, 6) is -1.65. The number of rotatable bonds is 8. The minimum Gasteiger partial charge on any atom is -0.480 e. The van der Waals surface area contributed by atoms with E-state index < -0.39 is 29.6 Å². The Kier molecular flexibility index (Phi) is 7.10. The predicted octanol–water partition coefficient (Wildman–Crippen LogP) is 4.26. The second-order valence-electron chi connectivity index (χ2n) is 9.48. The highest BCUT2D eigenvalue weighted by molar-refractivity contribution is 5.90. The van der Waals surface area contributed by atoms with Crippen molar-refractivity contribution in [3.05, 3.63) is 59.7 Å². The largest absolute Gasteiger partial charge is 0.480 e. The number of nitrogens with one attached hydrogen (secondary N) is 1. The Labute approximate surface area is 194 Å². The maximum absolute atomic E-state index is 13.0. The number of carboxylic acid groups (broad SMARTS) is 1. The summed E-state index contributed by atoms with van der Waals surface area (Å²) in [7, 11) is 1.51. The fraction of sp³-hybridized carbons (Fsp3) is 0.423. The molecule has 2 amide bonds. The molecule has 3 rings (SSSR count). The summed E-state index contributed by atoms with van der Waals surface area (Å²) in [4.78, 5) is 38.6. The summed E-state index contributed by atoms with van der Waals surface area (Å²) in [6.07, 6.45) is -0.242. The van der Waals surface area contributed by atoms with Gasteiger partial charge in [-0.2, -0.15) is 0 Å². The molecule has 0 bridgehead atoms. The normalized spacial score (nSPS) is 13.8. The first-order valence-corrected chi connectivity index (χ1v) is 11.2. The third-order valence-corrected chi connectivity index (χ3v) is 6.06. The molecular weight excluding hydrogens is 420 g/mol. The number of carbonyl (C=O) groups excluding carboxylic acids is 2. The minimum absolute atomic E-state index is 0.0851. The number of aliphatic carboxylic acids is 1. The Balaban J connectivity index is 1.74. The van der Waals surface area contributed by atoms with Crippen molar-refractivity contribution in [1.82, 2.24) is 10.2 Å². The van der Waals surface area contributed by atoms with Crippen molar-refractivity contribution in [1.29, 1.82) is 0 Å². The van der Waals surface area contributed by atoms with Crippen LogP contribution in [0, 0.1) is 5.92 Å². The van der Waals surface area contributed by atoms with Gasteiger partial charge in [0.1, 0.15) is 18.2 Å². The van der Waals surface area contributed by atoms with Gasteiger partial charge in [-0.25, -0.2) is 9.59 Å². The van der Waals surface area contributed by atoms with Crippen molar-refractivity contribution in [2.75, 3.05) is 13.7 Å². The molecule has 0 spiro atoms. The summed E-state index contributed by atoms with van der Waals surface area (Å²) >= 11 is 0. The van der Waals surface area contributed by atoms with E-state index in [4.69, 9.17) is 4.74 Å². The van der Waals surface area contributed by atoms with Gasteiger partial charge >= 0.3 is 12.1 Å². The van der Waals surface area contributed by atoms with Gasteiger partial charge in [0, 0.05) is 13.0 Å². The summed E-state index contributed by atoms with van der Waals surface area (Å²) in [5.41, 5.74) is 3.03. The van der Waals surface area contributed by atoms with E-state index in [1.54, 1.807) is 0 Å². The fourth-order valence-corrected chi connectivity index (χ4v) is 4.16. The van der Waals surface area contributed by atoms with Crippen molar-refractivity contribution >= 4 is 18.0 Å². The minimum atomic E-state index is -1.45. The van der Waals surface area contributed by atoms with Crippen LogP contribution < -0.4 is 5.32 Å². The predicted molar refractivity (Wildman–Crippen MR) is 126 cm³/mol. The average molecular weight is 453 g/mol. The van der Waals surface area contributed by atoms with E-state index in [-0.39, 0.29) is 18.4 Å². The number of hydrogen-bond acceptors (Lipinski definition) is 4. The Morgan fingerprint density at radius 1 is 1.03 bits per heavy atom. The molecule has 0 aromatic heterocycles. The average Bonchev–Trinajstić information content (AvgIpc) is 3.08. The quantitative estimate of drug-likeness (QED) is 0.624. The molecule has 0 heterocycles. The van der Waals surface area contributed by atoms with Gasteiger partial charge < -0.3 is 15.2 Å². The molecule has 176 valence electrons. The molecule has 0 fully saturated rings. The molecule has 1 aliphatic rings. The fourth-order valence-electron chi connectivity index (χ4n) is 4.16. The maximum Gasteiger partial charge on any atom is 0.410 e. The standard InChI is InChI=1S/C26H32N2O5/c1-16(2)14-22(23(29)27-26(3,4)24(30)31)28(5)25(32)33-15-21-19-12-8-6-10-17(19)18-11-7-9-13-20(18)21/h6-13,16,21-22H,14-15H2,1-5H3,(H,27,29)(H,30,31)/t22-/m0/s1. The molecule has 7 heteroatoms. The zero-order valence-corrected chi connectivity index (χ0v) is 19.8. The highest BCUT2D eigenvalue weighted by Crippen LogP contribution is 2.44. The van der Waals surface area contributed by atoms with Crippen LogP contribution in [0.2, 0.25) is 0 Å². The number of ether oxygens (including phenoxy) is 1. The lowest BCUT2D eigenvalue weighted by atomic mass is 9.98. The van der Waals surface area contributed by atoms with Gasteiger partial charge in [0.25, 0.3) is 0 Å². The molecule has 0 aliphatic heterocycles. The summed E-state index contributed by atoms with van der Waals surface area (Å²) in [6.45, 7) is 6.84. The number of fused-ring (bicyclic) bond motifs is 3. The van der Waals surface area contributed by atoms with E-state index in [9.17, 15) is 19.5 Å². The number of benzene rings is 2. The third kappa shape index (κ3) is 5.18. The molecule has 0 radical (unpaired) electrons. The summed E-state index contributed by atoms with van der Waals surface area (Å²) in [5, 5.41) is 11.9. The smallest absolute Gasteiger partial charge is 0.410 e. The number of amides is 2. The van der Waals surface area contributed by atoms with Gasteiger partial charge in [0.15, 0.2) is 0 Å². The van der Waals surface area contributed by atoms with E-state index in [0.29, 0.717) is 6.42 Å². The van der Waals surface area contributed by atoms with E-state index in [2.05, 4.69) is 17.4 Å². The van der Waals surface area contributed by atoms with Crippen LogP contribution in [0.25, 0.3) is 11.1 Å². The lowest BCUT2D eigenvalue weighted by Crippen LogP contribution is -2.57. The van der Waals surface area contributed by atoms with Gasteiger partial charge in [-0.1, -0.05) is 62.4 Å². The van der Waals surface area contributed by atoms with Crippen LogP contribution in [0.3, 0.4) is 0 Å². The highest BCUT2D eigenvalue weighted by Gasteiger charge is 2.36. The van der Waals surface area contributed by atoms with Crippen LogP contribution in [-0.4, -0.2) is 53.2 Å². The molecule has 33 heavy (non-hydrogen) atoms. The number of carbonyl (C=O) groups is 3. The third-order valence-electron chi connectivity index (χ3n) is 6.06. The molecule has 1 aliphatic carbocycles. The topological polar surface area (TPSA) is 95.9 Å². The Hall–Kier alpha value is -3.35. The first kappa shape index (κ1) is 24.3. The van der Waals surface area contributed by atoms with Crippen molar-refractivity contribution in [3.63, 3.8) is 0 Å². The number of carboxylic acids is 1. The monoisotopic (exact) mass is 452 g/mol. The second kappa shape index (κ2) is 9.65. The van der Waals surface area contributed by atoms with Crippen LogP contribution >= 0.6 is 0 Å². The van der Waals surface area contributed by atoms with E-state index in [1.165, 1.54) is 25.8 Å². The van der Waals surface area contributed by atoms with Crippen molar-refractivity contribution < 1.29 is 24.2 Å². The van der Waals surface area contributed by atoms with E-state index in [1.807, 2.05) is 50.2 Å². The Bertz CT molecular complexity index is 1000. The van der Waals surface area contributed by atoms with Crippen molar-refractivity contribution in [2.24, 2.45) is 5.92 Å². The van der Waals surface area contributed by atoms with Gasteiger partial charge in [0.2, 0.25) is 5.91 Å². The molecule has 1 atom stereocenters. The van der Waals surface area contributed by atoms with E-state index in [0.717, 1.165) is 22.3 Å². The molecule has 2 aromatic rings. The molecule has 0 saturated heterocycles. The SMILES string of the molecule is CC(C)C[C@@H](C(=O)NC(C)(C)C(=O)O)N(C)C(=O)OCC1c2ccccc2-c2ccccc21. The molecule has 2 N–H and O–H groups in total. The lowest BCUT2D eigenvalue weighted by molar-refractivity contribution is -0.146. The van der Waals surface area contributed by atoms with Gasteiger partial charge in [-0.05, 0) is 48.4 Å². The molecule has 7 nitrogen and oxygen atoms in total. The zero-order chi connectivity index (χ0) is 24.3. The molecular formula is C26H32N2O5. The van der Waals surface area contributed by atoms with E-state index >= 15 is 0 Å². The Morgan fingerprint density at radius 3 is 2.03 bits per heavy atom. The summed E-state index contributed by atoms with van der Waals surface area (Å²) < 4.78 is 5.68.